The summed E-state index contributed by atoms with van der Waals surface area (Å²) >= 11 is 1.56. The van der Waals surface area contributed by atoms with E-state index in [1.54, 1.807) is 11.3 Å². The number of rotatable bonds is 7. The van der Waals surface area contributed by atoms with Gasteiger partial charge in [-0.05, 0) is 47.5 Å². The average molecular weight is 471 g/mol. The number of likely N-dealkylation sites (tertiary alicyclic amines) is 1. The van der Waals surface area contributed by atoms with E-state index in [4.69, 9.17) is 5.10 Å². The quantitative estimate of drug-likeness (QED) is 0.421. The average Bonchev–Trinajstić information content (AvgIpc) is 3.65. The van der Waals surface area contributed by atoms with Crippen LogP contribution in [0.25, 0.3) is 10.6 Å². The lowest BCUT2D eigenvalue weighted by Crippen LogP contribution is -2.28. The zero-order chi connectivity index (χ0) is 23.3. The molecule has 5 rings (SSSR count). The molecule has 7 heteroatoms. The van der Waals surface area contributed by atoms with Gasteiger partial charge in [0.25, 0.3) is 11.8 Å². The molecule has 34 heavy (non-hydrogen) atoms. The Morgan fingerprint density at radius 3 is 2.50 bits per heavy atom. The number of carbonyl (C=O) groups excluding carboxylic acids is 2. The molecule has 2 amide bonds. The van der Waals surface area contributed by atoms with Crippen molar-refractivity contribution in [3.05, 3.63) is 101 Å². The summed E-state index contributed by atoms with van der Waals surface area (Å²) in [6, 6.07) is 21.5. The maximum absolute atomic E-state index is 13.2. The van der Waals surface area contributed by atoms with E-state index in [1.165, 1.54) is 0 Å². The SMILES string of the molecule is O=C(NCc1cccc(C(=O)N2CCCC2)c1)c1cn(Cc2ccccc2)nc1-c1cccs1. The molecule has 3 heterocycles. The minimum Gasteiger partial charge on any atom is -0.348 e. The number of hydrogen-bond donors (Lipinski definition) is 1. The van der Waals surface area contributed by atoms with E-state index in [1.807, 2.05) is 87.9 Å². The molecule has 0 bridgehead atoms. The Balaban J connectivity index is 1.32. The smallest absolute Gasteiger partial charge is 0.255 e. The second-order valence-corrected chi connectivity index (χ2v) is 9.38. The standard InChI is InChI=1S/C27H26N4O2S/c32-26(28-17-21-10-6-11-22(16-21)27(33)30-13-4-5-14-30)23-19-31(18-20-8-2-1-3-9-20)29-25(23)24-12-7-15-34-24/h1-3,6-12,15-16,19H,4-5,13-14,17-18H2,(H,28,32). The molecule has 1 aliphatic rings. The van der Waals surface area contributed by atoms with Crippen LogP contribution in [0.2, 0.25) is 0 Å². The first-order chi connectivity index (χ1) is 16.7. The van der Waals surface area contributed by atoms with Gasteiger partial charge >= 0.3 is 0 Å². The van der Waals surface area contributed by atoms with Crippen molar-refractivity contribution < 1.29 is 9.59 Å². The Hall–Kier alpha value is -3.71. The zero-order valence-electron chi connectivity index (χ0n) is 18.8. The Morgan fingerprint density at radius 2 is 1.74 bits per heavy atom. The lowest BCUT2D eigenvalue weighted by molar-refractivity contribution is 0.0792. The molecule has 6 nitrogen and oxygen atoms in total. The molecule has 1 aliphatic heterocycles. The summed E-state index contributed by atoms with van der Waals surface area (Å²) in [4.78, 5) is 28.8. The van der Waals surface area contributed by atoms with Gasteiger partial charge in [-0.1, -0.05) is 48.5 Å². The van der Waals surface area contributed by atoms with E-state index < -0.39 is 0 Å². The van der Waals surface area contributed by atoms with Crippen LogP contribution in [0, 0.1) is 0 Å². The molecule has 0 aliphatic carbocycles. The molecule has 4 aromatic rings. The summed E-state index contributed by atoms with van der Waals surface area (Å²) in [6.45, 7) is 2.57. The van der Waals surface area contributed by atoms with Gasteiger partial charge in [0.05, 0.1) is 17.0 Å². The highest BCUT2D eigenvalue weighted by atomic mass is 32.1. The van der Waals surface area contributed by atoms with Crippen molar-refractivity contribution in [1.29, 1.82) is 0 Å². The number of benzene rings is 2. The van der Waals surface area contributed by atoms with Crippen molar-refractivity contribution in [3.8, 4) is 10.6 Å². The van der Waals surface area contributed by atoms with E-state index in [2.05, 4.69) is 5.32 Å². The van der Waals surface area contributed by atoms with E-state index in [-0.39, 0.29) is 11.8 Å². The van der Waals surface area contributed by atoms with Crippen LogP contribution in [-0.2, 0) is 13.1 Å². The van der Waals surface area contributed by atoms with Crippen molar-refractivity contribution >= 4 is 23.2 Å². The Morgan fingerprint density at radius 1 is 0.941 bits per heavy atom. The lowest BCUT2D eigenvalue weighted by Gasteiger charge is -2.15. The fraction of sp³-hybridized carbons (Fsp3) is 0.222. The third kappa shape index (κ3) is 4.94. The van der Waals surface area contributed by atoms with E-state index in [9.17, 15) is 9.59 Å². The Labute approximate surface area is 202 Å². The van der Waals surface area contributed by atoms with Crippen LogP contribution in [0.4, 0.5) is 0 Å². The number of aromatic nitrogens is 2. The molecule has 0 atom stereocenters. The molecule has 1 fully saturated rings. The minimum absolute atomic E-state index is 0.0628. The number of thiophene rings is 1. The molecule has 172 valence electrons. The summed E-state index contributed by atoms with van der Waals surface area (Å²) in [5.74, 6) is -0.119. The van der Waals surface area contributed by atoms with Crippen LogP contribution in [0.1, 0.15) is 44.7 Å². The zero-order valence-corrected chi connectivity index (χ0v) is 19.6. The summed E-state index contributed by atoms with van der Waals surface area (Å²) in [7, 11) is 0. The summed E-state index contributed by atoms with van der Waals surface area (Å²) in [6.07, 6.45) is 3.93. The minimum atomic E-state index is -0.181. The summed E-state index contributed by atoms with van der Waals surface area (Å²) in [5, 5.41) is 9.72. The lowest BCUT2D eigenvalue weighted by atomic mass is 10.1. The van der Waals surface area contributed by atoms with Crippen LogP contribution >= 0.6 is 11.3 Å². The number of carbonyl (C=O) groups is 2. The predicted molar refractivity (Wildman–Crippen MR) is 134 cm³/mol. The molecular formula is C27H26N4O2S. The fourth-order valence-corrected chi connectivity index (χ4v) is 4.95. The van der Waals surface area contributed by atoms with Crippen LogP contribution in [0.15, 0.2) is 78.3 Å². The fourth-order valence-electron chi connectivity index (χ4n) is 4.23. The van der Waals surface area contributed by atoms with E-state index in [0.29, 0.717) is 29.9 Å². The Kier molecular flexibility index (Phi) is 6.53. The number of nitrogens with one attached hydrogen (secondary N) is 1. The van der Waals surface area contributed by atoms with Gasteiger partial charge in [0.1, 0.15) is 5.69 Å². The molecule has 2 aromatic heterocycles. The first-order valence-electron chi connectivity index (χ1n) is 11.5. The molecular weight excluding hydrogens is 444 g/mol. The molecule has 0 unspecified atom stereocenters. The first-order valence-corrected chi connectivity index (χ1v) is 12.4. The van der Waals surface area contributed by atoms with Gasteiger partial charge in [-0.15, -0.1) is 11.3 Å². The van der Waals surface area contributed by atoms with Crippen molar-refractivity contribution in [3.63, 3.8) is 0 Å². The van der Waals surface area contributed by atoms with E-state index in [0.717, 1.165) is 41.9 Å². The molecule has 2 aromatic carbocycles. The maximum atomic E-state index is 13.2. The highest BCUT2D eigenvalue weighted by molar-refractivity contribution is 7.13. The number of amides is 2. The van der Waals surface area contributed by atoms with Crippen LogP contribution < -0.4 is 5.32 Å². The van der Waals surface area contributed by atoms with Gasteiger partial charge in [0.15, 0.2) is 0 Å². The molecule has 0 radical (unpaired) electrons. The molecule has 0 spiro atoms. The van der Waals surface area contributed by atoms with Gasteiger partial charge in [-0.25, -0.2) is 0 Å². The second kappa shape index (κ2) is 10.1. The highest BCUT2D eigenvalue weighted by Gasteiger charge is 2.21. The van der Waals surface area contributed by atoms with Crippen molar-refractivity contribution in [2.75, 3.05) is 13.1 Å². The van der Waals surface area contributed by atoms with Gasteiger partial charge in [0.2, 0.25) is 0 Å². The van der Waals surface area contributed by atoms with E-state index >= 15 is 0 Å². The third-order valence-corrected chi connectivity index (χ3v) is 6.85. The van der Waals surface area contributed by atoms with Gasteiger partial charge < -0.3 is 10.2 Å². The summed E-state index contributed by atoms with van der Waals surface area (Å²) in [5.41, 5.74) is 3.91. The summed E-state index contributed by atoms with van der Waals surface area (Å²) < 4.78 is 1.81. The predicted octanol–water partition coefficient (Wildman–Crippen LogP) is 4.83. The first kappa shape index (κ1) is 22.1. The third-order valence-electron chi connectivity index (χ3n) is 5.97. The Bertz CT molecular complexity index is 1280. The van der Waals surface area contributed by atoms with Crippen LogP contribution in [0.3, 0.4) is 0 Å². The molecule has 0 saturated carbocycles. The number of nitrogens with zero attached hydrogens (tertiary/aromatic N) is 3. The monoisotopic (exact) mass is 470 g/mol. The van der Waals surface area contributed by atoms with Crippen LogP contribution in [-0.4, -0.2) is 39.6 Å². The van der Waals surface area contributed by atoms with Crippen molar-refractivity contribution in [2.24, 2.45) is 0 Å². The van der Waals surface area contributed by atoms with Crippen LogP contribution in [0.5, 0.6) is 0 Å². The molecule has 1 saturated heterocycles. The van der Waals surface area contributed by atoms with Gasteiger partial charge in [0, 0.05) is 31.4 Å². The number of hydrogen-bond acceptors (Lipinski definition) is 4. The topological polar surface area (TPSA) is 67.2 Å². The molecule has 1 N–H and O–H groups in total. The highest BCUT2D eigenvalue weighted by Crippen LogP contribution is 2.27. The second-order valence-electron chi connectivity index (χ2n) is 8.43. The normalized spacial score (nSPS) is 13.2. The maximum Gasteiger partial charge on any atom is 0.255 e. The van der Waals surface area contributed by atoms with Gasteiger partial charge in [-0.3, -0.25) is 14.3 Å². The van der Waals surface area contributed by atoms with Gasteiger partial charge in [-0.2, -0.15) is 5.10 Å². The largest absolute Gasteiger partial charge is 0.348 e. The van der Waals surface area contributed by atoms with Crippen molar-refractivity contribution in [2.45, 2.75) is 25.9 Å². The van der Waals surface area contributed by atoms with Crippen molar-refractivity contribution in [1.82, 2.24) is 20.0 Å².